The van der Waals surface area contributed by atoms with Gasteiger partial charge in [-0.25, -0.2) is 4.98 Å². The van der Waals surface area contributed by atoms with Gasteiger partial charge in [0.25, 0.3) is 5.56 Å². The number of aromatic nitrogens is 2. The lowest BCUT2D eigenvalue weighted by molar-refractivity contribution is -0.146. The van der Waals surface area contributed by atoms with Gasteiger partial charge in [0.1, 0.15) is 12.4 Å². The number of ether oxygens (including phenoxy) is 2. The number of carbonyl (C=O) groups excluding carboxylic acids is 2. The molecule has 0 saturated heterocycles. The Hall–Kier alpha value is -3.52. The molecular weight excluding hydrogens is 400 g/mol. The Labute approximate surface area is 177 Å². The Morgan fingerprint density at radius 3 is 2.84 bits per heavy atom. The second-order valence-corrected chi connectivity index (χ2v) is 7.71. The molecular formula is C23H20N2O6. The average molecular weight is 420 g/mol. The second-order valence-electron chi connectivity index (χ2n) is 7.71. The molecule has 1 aromatic carbocycles. The van der Waals surface area contributed by atoms with Crippen LogP contribution in [0.15, 0.2) is 29.1 Å². The minimum atomic E-state index is -1.13. The molecule has 0 spiro atoms. The maximum Gasteiger partial charge on any atom is 0.309 e. The Morgan fingerprint density at radius 2 is 2.10 bits per heavy atom. The van der Waals surface area contributed by atoms with Gasteiger partial charge in [0, 0.05) is 22.9 Å². The molecule has 0 saturated carbocycles. The van der Waals surface area contributed by atoms with Crippen molar-refractivity contribution in [2.75, 3.05) is 7.11 Å². The molecule has 8 heteroatoms. The van der Waals surface area contributed by atoms with Crippen LogP contribution in [0.4, 0.5) is 0 Å². The average Bonchev–Trinajstić information content (AvgIpc) is 3.06. The molecule has 1 unspecified atom stereocenters. The highest BCUT2D eigenvalue weighted by atomic mass is 16.5. The fourth-order valence-corrected chi connectivity index (χ4v) is 4.41. The zero-order chi connectivity index (χ0) is 21.9. The topological polar surface area (TPSA) is 108 Å². The van der Waals surface area contributed by atoms with Crippen LogP contribution in [0.1, 0.15) is 52.9 Å². The SMILES string of the molecule is CCC(=O)c1c2c(nc3ccc(OC)cc13)-c1cc3c(c(=O)n1C2)COC(=O)CC3O. The maximum atomic E-state index is 13.3. The second kappa shape index (κ2) is 7.02. The number of hydrogen-bond acceptors (Lipinski definition) is 7. The number of Topliss-reactive ketones (excluding diaryl/α,β-unsaturated/α-hetero) is 1. The highest BCUT2D eigenvalue weighted by molar-refractivity contribution is 6.10. The van der Waals surface area contributed by atoms with Crippen molar-refractivity contribution in [2.45, 2.75) is 39.0 Å². The largest absolute Gasteiger partial charge is 0.497 e. The summed E-state index contributed by atoms with van der Waals surface area (Å²) in [5, 5.41) is 11.2. The van der Waals surface area contributed by atoms with Crippen molar-refractivity contribution < 1.29 is 24.2 Å². The number of methoxy groups -OCH3 is 1. The van der Waals surface area contributed by atoms with Crippen LogP contribution in [0, 0.1) is 0 Å². The standard InChI is InChI=1S/C23H20N2O6/c1-3-18(26)21-13-6-11(30-2)4-5-16(13)24-22-14(21)9-25-17(22)7-12-15(23(25)29)10-31-20(28)8-19(12)27/h4-7,19,27H,3,8-10H2,1-2H3. The molecule has 31 heavy (non-hydrogen) atoms. The van der Waals surface area contributed by atoms with Gasteiger partial charge in [0.05, 0.1) is 48.6 Å². The molecule has 0 aliphatic carbocycles. The highest BCUT2D eigenvalue weighted by Crippen LogP contribution is 2.39. The van der Waals surface area contributed by atoms with Crippen LogP contribution in [0.5, 0.6) is 5.75 Å². The van der Waals surface area contributed by atoms with Crippen molar-refractivity contribution in [1.29, 1.82) is 0 Å². The van der Waals surface area contributed by atoms with Crippen LogP contribution >= 0.6 is 0 Å². The number of rotatable bonds is 3. The van der Waals surface area contributed by atoms with Crippen molar-refractivity contribution in [2.24, 2.45) is 0 Å². The molecule has 3 aromatic rings. The molecule has 0 bridgehead atoms. The molecule has 1 atom stereocenters. The normalized spacial score (nSPS) is 16.9. The van der Waals surface area contributed by atoms with Gasteiger partial charge in [0.2, 0.25) is 0 Å². The molecule has 4 heterocycles. The van der Waals surface area contributed by atoms with Gasteiger partial charge in [-0.3, -0.25) is 14.4 Å². The summed E-state index contributed by atoms with van der Waals surface area (Å²) in [6.07, 6.45) is -1.04. The first kappa shape index (κ1) is 19.4. The first-order chi connectivity index (χ1) is 14.9. The smallest absolute Gasteiger partial charge is 0.309 e. The number of nitrogens with zero attached hydrogens (tertiary/aromatic N) is 2. The summed E-state index contributed by atoms with van der Waals surface area (Å²) in [4.78, 5) is 42.7. The molecule has 8 nitrogen and oxygen atoms in total. The Kier molecular flexibility index (Phi) is 4.40. The van der Waals surface area contributed by atoms with E-state index in [2.05, 4.69) is 0 Å². The Bertz CT molecular complexity index is 1340. The highest BCUT2D eigenvalue weighted by Gasteiger charge is 2.33. The summed E-state index contributed by atoms with van der Waals surface area (Å²) in [5.74, 6) is 0.0135. The number of pyridine rings is 2. The van der Waals surface area contributed by atoms with E-state index in [-0.39, 0.29) is 36.5 Å². The third kappa shape index (κ3) is 2.86. The fourth-order valence-electron chi connectivity index (χ4n) is 4.41. The van der Waals surface area contributed by atoms with Gasteiger partial charge in [-0.2, -0.15) is 0 Å². The van der Waals surface area contributed by atoms with Crippen LogP contribution in [0.2, 0.25) is 0 Å². The number of fused-ring (bicyclic) bond motifs is 5. The van der Waals surface area contributed by atoms with E-state index in [0.717, 1.165) is 0 Å². The predicted octanol–water partition coefficient (Wildman–Crippen LogP) is 2.51. The third-order valence-electron chi connectivity index (χ3n) is 5.98. The van der Waals surface area contributed by atoms with Gasteiger partial charge in [-0.05, 0) is 29.8 Å². The Morgan fingerprint density at radius 1 is 1.29 bits per heavy atom. The summed E-state index contributed by atoms with van der Waals surface area (Å²) >= 11 is 0. The van der Waals surface area contributed by atoms with E-state index in [0.29, 0.717) is 51.2 Å². The fraction of sp³-hybridized carbons (Fsp3) is 0.304. The lowest BCUT2D eigenvalue weighted by Gasteiger charge is -2.13. The number of aliphatic hydroxyl groups excluding tert-OH is 1. The molecule has 0 radical (unpaired) electrons. The summed E-state index contributed by atoms with van der Waals surface area (Å²) in [5.41, 5.74) is 3.16. The quantitative estimate of drug-likeness (QED) is 0.401. The van der Waals surface area contributed by atoms with Crippen molar-refractivity contribution >= 4 is 22.7 Å². The minimum absolute atomic E-state index is 0.0479. The summed E-state index contributed by atoms with van der Waals surface area (Å²) in [6.45, 7) is 1.79. The van der Waals surface area contributed by atoms with E-state index in [1.54, 1.807) is 38.3 Å². The number of cyclic esters (lactones) is 1. The minimum Gasteiger partial charge on any atom is -0.497 e. The number of hydrogen-bond donors (Lipinski definition) is 1. The van der Waals surface area contributed by atoms with Gasteiger partial charge in [0.15, 0.2) is 5.78 Å². The van der Waals surface area contributed by atoms with Crippen molar-refractivity contribution in [3.8, 4) is 17.1 Å². The van der Waals surface area contributed by atoms with Crippen molar-refractivity contribution in [3.05, 3.63) is 56.9 Å². The number of aliphatic hydroxyl groups is 1. The van der Waals surface area contributed by atoms with Crippen LogP contribution in [0.25, 0.3) is 22.3 Å². The zero-order valence-corrected chi connectivity index (χ0v) is 17.1. The van der Waals surface area contributed by atoms with Crippen molar-refractivity contribution in [3.63, 3.8) is 0 Å². The van der Waals surface area contributed by atoms with E-state index in [4.69, 9.17) is 14.5 Å². The molecule has 2 aromatic heterocycles. The van der Waals surface area contributed by atoms with Crippen LogP contribution in [0.3, 0.4) is 0 Å². The first-order valence-electron chi connectivity index (χ1n) is 10.1. The maximum absolute atomic E-state index is 13.3. The molecule has 2 aliphatic rings. The number of esters is 1. The lowest BCUT2D eigenvalue weighted by Crippen LogP contribution is -2.25. The molecule has 0 fully saturated rings. The summed E-state index contributed by atoms with van der Waals surface area (Å²) in [7, 11) is 1.56. The summed E-state index contributed by atoms with van der Waals surface area (Å²) < 4.78 is 11.9. The van der Waals surface area contributed by atoms with Crippen LogP contribution in [-0.4, -0.2) is 33.5 Å². The van der Waals surface area contributed by atoms with E-state index in [9.17, 15) is 19.5 Å². The lowest BCUT2D eigenvalue weighted by atomic mass is 9.95. The molecule has 2 aliphatic heterocycles. The number of benzene rings is 1. The first-order valence-corrected chi connectivity index (χ1v) is 10.1. The van der Waals surface area contributed by atoms with E-state index >= 15 is 0 Å². The molecule has 1 N–H and O–H groups in total. The van der Waals surface area contributed by atoms with Gasteiger partial charge in [-0.1, -0.05) is 6.92 Å². The van der Waals surface area contributed by atoms with E-state index in [1.165, 1.54) is 4.57 Å². The van der Waals surface area contributed by atoms with Crippen molar-refractivity contribution in [1.82, 2.24) is 9.55 Å². The third-order valence-corrected chi connectivity index (χ3v) is 5.98. The van der Waals surface area contributed by atoms with Gasteiger partial charge >= 0.3 is 5.97 Å². The van der Waals surface area contributed by atoms with Gasteiger partial charge in [-0.15, -0.1) is 0 Å². The predicted molar refractivity (Wildman–Crippen MR) is 111 cm³/mol. The van der Waals surface area contributed by atoms with Crippen LogP contribution < -0.4 is 10.3 Å². The Balaban J connectivity index is 1.81. The molecule has 158 valence electrons. The molecule has 5 rings (SSSR count). The number of ketones is 1. The zero-order valence-electron chi connectivity index (χ0n) is 17.1. The molecule has 0 amide bonds. The van der Waals surface area contributed by atoms with E-state index < -0.39 is 12.1 Å². The van der Waals surface area contributed by atoms with Gasteiger partial charge < -0.3 is 19.1 Å². The van der Waals surface area contributed by atoms with E-state index in [1.807, 2.05) is 0 Å². The monoisotopic (exact) mass is 420 g/mol. The number of carbonyl (C=O) groups is 2. The van der Waals surface area contributed by atoms with Crippen LogP contribution in [-0.2, 0) is 22.7 Å². The summed E-state index contributed by atoms with van der Waals surface area (Å²) in [6, 6.07) is 7.04.